The highest BCUT2D eigenvalue weighted by Crippen LogP contribution is 2.47. The van der Waals surface area contributed by atoms with Gasteiger partial charge < -0.3 is 25.0 Å². The zero-order valence-corrected chi connectivity index (χ0v) is 21.0. The number of para-hydroxylation sites is 2. The lowest BCUT2D eigenvalue weighted by Gasteiger charge is -2.31. The number of hydrogen-bond acceptors (Lipinski definition) is 5. The summed E-state index contributed by atoms with van der Waals surface area (Å²) in [6, 6.07) is 18.7. The van der Waals surface area contributed by atoms with Crippen LogP contribution < -0.4 is 9.64 Å². The number of ether oxygens (including phenoxy) is 1. The first-order valence-electron chi connectivity index (χ1n) is 11.6. The zero-order valence-electron chi connectivity index (χ0n) is 21.0. The van der Waals surface area contributed by atoms with Gasteiger partial charge in [0, 0.05) is 11.1 Å². The van der Waals surface area contributed by atoms with Crippen molar-refractivity contribution in [3.8, 4) is 28.7 Å². The average molecular weight is 470 g/mol. The second-order valence-electron chi connectivity index (χ2n) is 9.06. The molecule has 5 heteroatoms. The number of anilines is 3. The highest BCUT2D eigenvalue weighted by atomic mass is 16.5. The second kappa shape index (κ2) is 9.26. The first kappa shape index (κ1) is 24.0. The molecule has 0 bridgehead atoms. The van der Waals surface area contributed by atoms with Crippen molar-refractivity contribution in [1.82, 2.24) is 0 Å². The Morgan fingerprint density at radius 1 is 0.571 bits per heavy atom. The van der Waals surface area contributed by atoms with E-state index in [1.807, 2.05) is 95.0 Å². The molecule has 0 heterocycles. The zero-order chi connectivity index (χ0) is 25.4. The second-order valence-corrected chi connectivity index (χ2v) is 9.06. The summed E-state index contributed by atoms with van der Waals surface area (Å²) in [6.07, 6.45) is 0. The molecule has 4 aromatic carbocycles. The fourth-order valence-corrected chi connectivity index (χ4v) is 4.45. The van der Waals surface area contributed by atoms with Crippen LogP contribution in [0.25, 0.3) is 0 Å². The summed E-state index contributed by atoms with van der Waals surface area (Å²) < 4.78 is 6.46. The molecular weight excluding hydrogens is 438 g/mol. The first-order chi connectivity index (χ1) is 16.6. The van der Waals surface area contributed by atoms with Gasteiger partial charge in [-0.3, -0.25) is 0 Å². The molecular formula is C30H31NO4. The number of aryl methyl sites for hydroxylation is 4. The van der Waals surface area contributed by atoms with E-state index in [2.05, 4.69) is 0 Å². The number of phenolic OH excluding ortho intramolecular Hbond substituents is 3. The molecule has 0 aliphatic rings. The quantitative estimate of drug-likeness (QED) is 0.277. The van der Waals surface area contributed by atoms with Gasteiger partial charge in [-0.15, -0.1) is 0 Å². The van der Waals surface area contributed by atoms with Gasteiger partial charge >= 0.3 is 0 Å². The molecule has 0 amide bonds. The predicted octanol–water partition coefficient (Wildman–Crippen LogP) is 7.92. The number of nitrogens with zero attached hydrogens (tertiary/aromatic N) is 1. The smallest absolute Gasteiger partial charge is 0.151 e. The van der Waals surface area contributed by atoms with E-state index in [4.69, 9.17) is 4.74 Å². The predicted molar refractivity (Wildman–Crippen MR) is 141 cm³/mol. The fourth-order valence-electron chi connectivity index (χ4n) is 4.45. The van der Waals surface area contributed by atoms with Crippen molar-refractivity contribution in [2.75, 3.05) is 4.90 Å². The lowest BCUT2D eigenvalue weighted by Crippen LogP contribution is -2.14. The van der Waals surface area contributed by atoms with E-state index in [0.29, 0.717) is 11.5 Å². The number of rotatable bonds is 5. The number of hydrogen-bond donors (Lipinski definition) is 3. The van der Waals surface area contributed by atoms with Gasteiger partial charge in [-0.1, -0.05) is 24.3 Å². The van der Waals surface area contributed by atoms with Crippen LogP contribution in [0.3, 0.4) is 0 Å². The van der Waals surface area contributed by atoms with Crippen LogP contribution in [0.15, 0.2) is 60.7 Å². The van der Waals surface area contributed by atoms with Crippen molar-refractivity contribution in [3.05, 3.63) is 94.0 Å². The minimum Gasteiger partial charge on any atom is -0.508 e. The van der Waals surface area contributed by atoms with Crippen molar-refractivity contribution < 1.29 is 20.1 Å². The topological polar surface area (TPSA) is 73.2 Å². The highest BCUT2D eigenvalue weighted by Gasteiger charge is 2.24. The molecule has 0 aliphatic carbocycles. The Kier molecular flexibility index (Phi) is 6.35. The lowest BCUT2D eigenvalue weighted by molar-refractivity contribution is 0.459. The molecule has 0 atom stereocenters. The molecule has 0 saturated carbocycles. The molecule has 0 aromatic heterocycles. The van der Waals surface area contributed by atoms with Crippen LogP contribution in [0, 0.1) is 41.5 Å². The van der Waals surface area contributed by atoms with E-state index >= 15 is 0 Å². The van der Waals surface area contributed by atoms with E-state index in [1.165, 1.54) is 0 Å². The lowest BCUT2D eigenvalue weighted by atomic mass is 10.0. The van der Waals surface area contributed by atoms with Crippen LogP contribution in [0.4, 0.5) is 17.1 Å². The first-order valence-corrected chi connectivity index (χ1v) is 11.6. The van der Waals surface area contributed by atoms with E-state index in [0.717, 1.165) is 50.4 Å². The summed E-state index contributed by atoms with van der Waals surface area (Å²) >= 11 is 0. The van der Waals surface area contributed by atoms with Crippen LogP contribution in [0.1, 0.15) is 33.4 Å². The Labute approximate surface area is 206 Å². The molecule has 0 unspecified atom stereocenters. The van der Waals surface area contributed by atoms with E-state index in [1.54, 1.807) is 12.1 Å². The van der Waals surface area contributed by atoms with Gasteiger partial charge in [0.25, 0.3) is 0 Å². The third kappa shape index (κ3) is 4.37. The Morgan fingerprint density at radius 2 is 1.06 bits per heavy atom. The van der Waals surface area contributed by atoms with Crippen LogP contribution >= 0.6 is 0 Å². The fraction of sp³-hybridized carbons (Fsp3) is 0.200. The third-order valence-corrected chi connectivity index (χ3v) is 6.45. The van der Waals surface area contributed by atoms with Gasteiger partial charge in [-0.05, 0) is 100 Å². The Morgan fingerprint density at radius 3 is 1.57 bits per heavy atom. The molecule has 0 aliphatic heterocycles. The molecule has 4 aromatic rings. The molecule has 0 saturated heterocycles. The van der Waals surface area contributed by atoms with Crippen molar-refractivity contribution in [3.63, 3.8) is 0 Å². The van der Waals surface area contributed by atoms with Gasteiger partial charge in [0.2, 0.25) is 0 Å². The standard InChI is InChI=1S/C30H31NO4/c1-17-11-13-24(21(5)28(17)33)31(25-14-12-18(2)29(34)22(25)6)26-9-7-8-10-27(26)35-30-19(3)15-23(32)16-20(30)4/h7-16,32-34H,1-6H3. The molecule has 3 N–H and O–H groups in total. The highest BCUT2D eigenvalue weighted by molar-refractivity contribution is 5.85. The maximum Gasteiger partial charge on any atom is 0.151 e. The van der Waals surface area contributed by atoms with Gasteiger partial charge in [0.05, 0.1) is 17.1 Å². The Bertz CT molecular complexity index is 1340. The maximum absolute atomic E-state index is 10.8. The molecule has 5 nitrogen and oxygen atoms in total. The van der Waals surface area contributed by atoms with Crippen LogP contribution in [-0.4, -0.2) is 15.3 Å². The maximum atomic E-state index is 10.8. The molecule has 4 rings (SSSR count). The molecule has 180 valence electrons. The summed E-state index contributed by atoms with van der Waals surface area (Å²) in [5.74, 6) is 1.92. The summed E-state index contributed by atoms with van der Waals surface area (Å²) in [7, 11) is 0. The SMILES string of the molecule is Cc1ccc(N(c2ccccc2Oc2c(C)cc(O)cc2C)c2ccc(C)c(O)c2C)c(C)c1O. The Balaban J connectivity index is 1.98. The number of phenols is 3. The third-order valence-electron chi connectivity index (χ3n) is 6.45. The summed E-state index contributed by atoms with van der Waals surface area (Å²) in [5, 5.41) is 31.5. The van der Waals surface area contributed by atoms with E-state index < -0.39 is 0 Å². The van der Waals surface area contributed by atoms with E-state index in [-0.39, 0.29) is 17.2 Å². The summed E-state index contributed by atoms with van der Waals surface area (Å²) in [6.45, 7) is 11.3. The van der Waals surface area contributed by atoms with Gasteiger partial charge in [-0.25, -0.2) is 0 Å². The molecule has 35 heavy (non-hydrogen) atoms. The minimum absolute atomic E-state index is 0.193. The van der Waals surface area contributed by atoms with Crippen molar-refractivity contribution >= 4 is 17.1 Å². The monoisotopic (exact) mass is 469 g/mol. The molecule has 0 spiro atoms. The number of aromatic hydroxyl groups is 3. The average Bonchev–Trinajstić information content (AvgIpc) is 2.82. The van der Waals surface area contributed by atoms with Gasteiger partial charge in [-0.2, -0.15) is 0 Å². The van der Waals surface area contributed by atoms with Crippen LogP contribution in [0.2, 0.25) is 0 Å². The van der Waals surface area contributed by atoms with Crippen molar-refractivity contribution in [1.29, 1.82) is 0 Å². The summed E-state index contributed by atoms with van der Waals surface area (Å²) in [4.78, 5) is 2.00. The molecule has 0 radical (unpaired) electrons. The van der Waals surface area contributed by atoms with Gasteiger partial charge in [0.1, 0.15) is 23.0 Å². The normalized spacial score (nSPS) is 10.9. The van der Waals surface area contributed by atoms with Crippen LogP contribution in [0.5, 0.6) is 28.7 Å². The van der Waals surface area contributed by atoms with Gasteiger partial charge in [0.15, 0.2) is 5.75 Å². The van der Waals surface area contributed by atoms with E-state index in [9.17, 15) is 15.3 Å². The van der Waals surface area contributed by atoms with Crippen molar-refractivity contribution in [2.45, 2.75) is 41.5 Å². The minimum atomic E-state index is 0.193. The Hall–Kier alpha value is -4.12. The largest absolute Gasteiger partial charge is 0.508 e. The van der Waals surface area contributed by atoms with Crippen LogP contribution in [-0.2, 0) is 0 Å². The summed E-state index contributed by atoms with van der Waals surface area (Å²) in [5.41, 5.74) is 6.94. The number of benzene rings is 4. The van der Waals surface area contributed by atoms with Crippen molar-refractivity contribution in [2.24, 2.45) is 0 Å². The molecule has 0 fully saturated rings.